The molecule has 3 heterocycles. The van der Waals surface area contributed by atoms with E-state index >= 15 is 0 Å². The summed E-state index contributed by atoms with van der Waals surface area (Å²) in [6, 6.07) is 11.9. The van der Waals surface area contributed by atoms with Gasteiger partial charge in [-0.25, -0.2) is 4.39 Å². The molecule has 38 heavy (non-hydrogen) atoms. The summed E-state index contributed by atoms with van der Waals surface area (Å²) in [6.45, 7) is 1.01. The van der Waals surface area contributed by atoms with Crippen LogP contribution >= 0.6 is 0 Å². The molecule has 11 heteroatoms. The molecule has 2 saturated heterocycles. The summed E-state index contributed by atoms with van der Waals surface area (Å²) in [5.41, 5.74) is -0.731. The van der Waals surface area contributed by atoms with Crippen LogP contribution in [0.5, 0.6) is 0 Å². The lowest BCUT2D eigenvalue weighted by Gasteiger charge is -2.31. The van der Waals surface area contributed by atoms with Crippen LogP contribution in [0.25, 0.3) is 11.3 Å². The van der Waals surface area contributed by atoms with Gasteiger partial charge in [-0.3, -0.25) is 19.5 Å². The standard InChI is InChI=1S/C27H24F4N4O3/c28-22-4-2-1-3-20(22)23-10-6-17(12-32-23)33-26(37)16-5-9-21(27(29,30)31)24(11-16)34-25(36)15-35-13-18-7-8-19(14-35)38-18/h1-6,9-12,18-19H,7-8,13-15H2,(H,33,37)(H,34,36). The van der Waals surface area contributed by atoms with E-state index in [0.29, 0.717) is 24.3 Å². The number of carbonyl (C=O) groups is 2. The summed E-state index contributed by atoms with van der Waals surface area (Å²) in [4.78, 5) is 31.5. The Morgan fingerprint density at radius 3 is 2.39 bits per heavy atom. The number of likely N-dealkylation sites (tertiary alicyclic amines) is 1. The number of nitrogens with zero attached hydrogens (tertiary/aromatic N) is 2. The molecule has 2 fully saturated rings. The van der Waals surface area contributed by atoms with Crippen LogP contribution in [0.3, 0.4) is 0 Å². The summed E-state index contributed by atoms with van der Waals surface area (Å²) in [6.07, 6.45) is -1.53. The highest BCUT2D eigenvalue weighted by molar-refractivity contribution is 6.05. The molecule has 5 rings (SSSR count). The van der Waals surface area contributed by atoms with E-state index in [0.717, 1.165) is 31.0 Å². The molecular weight excluding hydrogens is 504 g/mol. The van der Waals surface area contributed by atoms with Crippen LogP contribution in [0.15, 0.2) is 60.8 Å². The summed E-state index contributed by atoms with van der Waals surface area (Å²) in [5, 5.41) is 4.90. The lowest BCUT2D eigenvalue weighted by Crippen LogP contribution is -2.45. The third kappa shape index (κ3) is 5.84. The Morgan fingerprint density at radius 2 is 1.74 bits per heavy atom. The van der Waals surface area contributed by atoms with E-state index in [1.54, 1.807) is 18.2 Å². The van der Waals surface area contributed by atoms with Crippen molar-refractivity contribution in [3.05, 3.63) is 77.7 Å². The maximum atomic E-state index is 14.0. The second-order valence-corrected chi connectivity index (χ2v) is 9.32. The Labute approximate surface area is 215 Å². The number of benzene rings is 2. The van der Waals surface area contributed by atoms with Crippen molar-refractivity contribution in [3.8, 4) is 11.3 Å². The highest BCUT2D eigenvalue weighted by Crippen LogP contribution is 2.36. The van der Waals surface area contributed by atoms with Crippen LogP contribution in [0.2, 0.25) is 0 Å². The first-order valence-corrected chi connectivity index (χ1v) is 12.1. The third-order valence-corrected chi connectivity index (χ3v) is 6.52. The van der Waals surface area contributed by atoms with E-state index in [-0.39, 0.29) is 30.0 Å². The van der Waals surface area contributed by atoms with E-state index in [1.807, 2.05) is 4.90 Å². The second-order valence-electron chi connectivity index (χ2n) is 9.32. The minimum atomic E-state index is -4.73. The molecule has 2 bridgehead atoms. The van der Waals surface area contributed by atoms with Gasteiger partial charge in [0.05, 0.1) is 47.6 Å². The van der Waals surface area contributed by atoms with Crippen molar-refractivity contribution in [2.45, 2.75) is 31.2 Å². The minimum Gasteiger partial charge on any atom is -0.372 e. The first kappa shape index (κ1) is 25.8. The number of rotatable bonds is 6. The lowest BCUT2D eigenvalue weighted by atomic mass is 10.1. The minimum absolute atomic E-state index is 0.0366. The lowest BCUT2D eigenvalue weighted by molar-refractivity contribution is -0.137. The average molecular weight is 529 g/mol. The van der Waals surface area contributed by atoms with Crippen molar-refractivity contribution < 1.29 is 31.9 Å². The zero-order valence-corrected chi connectivity index (χ0v) is 20.1. The Bertz CT molecular complexity index is 1330. The van der Waals surface area contributed by atoms with Crippen LogP contribution in [-0.4, -0.2) is 53.5 Å². The summed E-state index contributed by atoms with van der Waals surface area (Å²) in [7, 11) is 0. The number of amides is 2. The maximum Gasteiger partial charge on any atom is 0.418 e. The molecule has 2 unspecified atom stereocenters. The zero-order chi connectivity index (χ0) is 26.9. The molecule has 0 saturated carbocycles. The Balaban J connectivity index is 1.29. The van der Waals surface area contributed by atoms with Crippen molar-refractivity contribution in [3.63, 3.8) is 0 Å². The highest BCUT2D eigenvalue weighted by Gasteiger charge is 2.36. The first-order chi connectivity index (χ1) is 18.2. The van der Waals surface area contributed by atoms with Gasteiger partial charge >= 0.3 is 6.18 Å². The summed E-state index contributed by atoms with van der Waals surface area (Å²) < 4.78 is 60.6. The van der Waals surface area contributed by atoms with Gasteiger partial charge < -0.3 is 15.4 Å². The van der Waals surface area contributed by atoms with Crippen LogP contribution in [0.4, 0.5) is 28.9 Å². The number of hydrogen-bond donors (Lipinski definition) is 2. The Hall–Kier alpha value is -3.83. The molecule has 7 nitrogen and oxygen atoms in total. The van der Waals surface area contributed by atoms with Gasteiger partial charge in [-0.1, -0.05) is 12.1 Å². The number of ether oxygens (including phenoxy) is 1. The fraction of sp³-hybridized carbons (Fsp3) is 0.296. The number of alkyl halides is 3. The predicted molar refractivity (Wildman–Crippen MR) is 132 cm³/mol. The second kappa shape index (κ2) is 10.5. The number of morpholine rings is 1. The van der Waals surface area contributed by atoms with Gasteiger partial charge in [0.25, 0.3) is 5.91 Å². The van der Waals surface area contributed by atoms with Gasteiger partial charge in [-0.2, -0.15) is 13.2 Å². The first-order valence-electron chi connectivity index (χ1n) is 12.1. The molecule has 2 aromatic carbocycles. The number of halogens is 4. The smallest absolute Gasteiger partial charge is 0.372 e. The van der Waals surface area contributed by atoms with Gasteiger partial charge in [-0.15, -0.1) is 0 Å². The number of pyridine rings is 1. The molecule has 198 valence electrons. The number of hydrogen-bond acceptors (Lipinski definition) is 5. The molecule has 2 aliphatic heterocycles. The fourth-order valence-corrected chi connectivity index (χ4v) is 4.76. The van der Waals surface area contributed by atoms with E-state index in [1.165, 1.54) is 24.4 Å². The van der Waals surface area contributed by atoms with Gasteiger partial charge in [0, 0.05) is 24.2 Å². The molecule has 2 N–H and O–H groups in total. The van der Waals surface area contributed by atoms with Gasteiger partial charge in [-0.05, 0) is 55.3 Å². The largest absolute Gasteiger partial charge is 0.418 e. The topological polar surface area (TPSA) is 83.6 Å². The highest BCUT2D eigenvalue weighted by atomic mass is 19.4. The van der Waals surface area contributed by atoms with Crippen molar-refractivity contribution in [1.82, 2.24) is 9.88 Å². The molecular formula is C27H24F4N4O3. The van der Waals surface area contributed by atoms with E-state index < -0.39 is 35.1 Å². The monoisotopic (exact) mass is 528 g/mol. The molecule has 2 aliphatic rings. The molecule has 3 aromatic rings. The number of anilines is 2. The van der Waals surface area contributed by atoms with E-state index in [9.17, 15) is 27.2 Å². The van der Waals surface area contributed by atoms with Crippen molar-refractivity contribution in [2.75, 3.05) is 30.3 Å². The Morgan fingerprint density at radius 1 is 1.00 bits per heavy atom. The summed E-state index contributed by atoms with van der Waals surface area (Å²) in [5.74, 6) is -1.75. The molecule has 0 radical (unpaired) electrons. The SMILES string of the molecule is O=C(CN1CC2CCC(C1)O2)Nc1cc(C(=O)Nc2ccc(-c3ccccc3F)nc2)ccc1C(F)(F)F. The number of aromatic nitrogens is 1. The van der Waals surface area contributed by atoms with Crippen LogP contribution in [0.1, 0.15) is 28.8 Å². The summed E-state index contributed by atoms with van der Waals surface area (Å²) >= 11 is 0. The zero-order valence-electron chi connectivity index (χ0n) is 20.1. The van der Waals surface area contributed by atoms with Gasteiger partial charge in [0.1, 0.15) is 5.82 Å². The van der Waals surface area contributed by atoms with Gasteiger partial charge in [0.2, 0.25) is 5.91 Å². The average Bonchev–Trinajstić information content (AvgIpc) is 3.21. The van der Waals surface area contributed by atoms with E-state index in [4.69, 9.17) is 4.74 Å². The normalized spacial score (nSPS) is 19.3. The number of nitrogens with one attached hydrogen (secondary N) is 2. The van der Waals surface area contributed by atoms with Crippen molar-refractivity contribution >= 4 is 23.2 Å². The van der Waals surface area contributed by atoms with Crippen molar-refractivity contribution in [2.24, 2.45) is 0 Å². The molecule has 1 aromatic heterocycles. The molecule has 2 atom stereocenters. The molecule has 2 amide bonds. The fourth-order valence-electron chi connectivity index (χ4n) is 4.76. The maximum absolute atomic E-state index is 14.0. The predicted octanol–water partition coefficient (Wildman–Crippen LogP) is 4.96. The number of fused-ring (bicyclic) bond motifs is 2. The van der Waals surface area contributed by atoms with E-state index in [2.05, 4.69) is 15.6 Å². The van der Waals surface area contributed by atoms with Gasteiger partial charge in [0.15, 0.2) is 0 Å². The molecule has 0 aliphatic carbocycles. The number of carbonyl (C=O) groups excluding carboxylic acids is 2. The van der Waals surface area contributed by atoms with Crippen LogP contribution in [-0.2, 0) is 15.7 Å². The van der Waals surface area contributed by atoms with Crippen LogP contribution < -0.4 is 10.6 Å². The van der Waals surface area contributed by atoms with Crippen molar-refractivity contribution in [1.29, 1.82) is 0 Å². The quantitative estimate of drug-likeness (QED) is 0.442. The third-order valence-electron chi connectivity index (χ3n) is 6.52. The molecule has 0 spiro atoms. The Kier molecular flexibility index (Phi) is 7.13. The van der Waals surface area contributed by atoms with Crippen LogP contribution in [0, 0.1) is 5.82 Å².